The van der Waals surface area contributed by atoms with Crippen LogP contribution in [0.4, 0.5) is 9.18 Å². The zero-order valence-electron chi connectivity index (χ0n) is 18.7. The van der Waals surface area contributed by atoms with E-state index in [2.05, 4.69) is 22.2 Å². The SMILES string of the molecule is CCCCCOC(=O)N1CCC(c2nc(-c3ccc4cnn(C(C)CF)c4c3)no2)CC1. The first kappa shape index (κ1) is 22.2. The van der Waals surface area contributed by atoms with Gasteiger partial charge in [0.05, 0.1) is 24.4 Å². The molecule has 3 aromatic rings. The van der Waals surface area contributed by atoms with E-state index in [1.807, 2.05) is 18.2 Å². The summed E-state index contributed by atoms with van der Waals surface area (Å²) >= 11 is 0. The Morgan fingerprint density at radius 3 is 2.88 bits per heavy atom. The molecule has 8 nitrogen and oxygen atoms in total. The van der Waals surface area contributed by atoms with Crippen LogP contribution in [0.2, 0.25) is 0 Å². The van der Waals surface area contributed by atoms with E-state index in [0.29, 0.717) is 31.4 Å². The molecule has 1 fully saturated rings. The summed E-state index contributed by atoms with van der Waals surface area (Å²) in [5.41, 5.74) is 1.64. The van der Waals surface area contributed by atoms with Crippen LogP contribution in [0, 0.1) is 0 Å². The fourth-order valence-corrected chi connectivity index (χ4v) is 4.02. The number of ether oxygens (including phenoxy) is 1. The molecule has 0 N–H and O–H groups in total. The number of piperidine rings is 1. The van der Waals surface area contributed by atoms with E-state index < -0.39 is 6.67 Å². The van der Waals surface area contributed by atoms with Gasteiger partial charge in [0.15, 0.2) is 0 Å². The molecular formula is C23H30FN5O3. The highest BCUT2D eigenvalue weighted by Crippen LogP contribution is 2.30. The summed E-state index contributed by atoms with van der Waals surface area (Å²) in [6, 6.07) is 5.42. The number of carbonyl (C=O) groups excluding carboxylic acids is 1. The zero-order chi connectivity index (χ0) is 22.5. The third-order valence-corrected chi connectivity index (χ3v) is 6.02. The van der Waals surface area contributed by atoms with Gasteiger partial charge in [-0.2, -0.15) is 10.1 Å². The lowest BCUT2D eigenvalue weighted by Crippen LogP contribution is -2.38. The van der Waals surface area contributed by atoms with Crippen molar-refractivity contribution in [1.82, 2.24) is 24.8 Å². The Morgan fingerprint density at radius 2 is 2.12 bits per heavy atom. The molecule has 1 amide bonds. The van der Waals surface area contributed by atoms with Gasteiger partial charge in [-0.25, -0.2) is 9.18 Å². The monoisotopic (exact) mass is 443 g/mol. The number of unbranched alkanes of at least 4 members (excludes halogenated alkanes) is 2. The van der Waals surface area contributed by atoms with Crippen molar-refractivity contribution in [1.29, 1.82) is 0 Å². The summed E-state index contributed by atoms with van der Waals surface area (Å²) < 4.78 is 25.7. The van der Waals surface area contributed by atoms with Crippen molar-refractivity contribution in [2.24, 2.45) is 0 Å². The third-order valence-electron chi connectivity index (χ3n) is 6.02. The van der Waals surface area contributed by atoms with E-state index in [1.165, 1.54) is 0 Å². The highest BCUT2D eigenvalue weighted by molar-refractivity contribution is 5.83. The van der Waals surface area contributed by atoms with Gasteiger partial charge in [0.2, 0.25) is 11.7 Å². The third kappa shape index (κ3) is 4.76. The number of likely N-dealkylation sites (tertiary alicyclic amines) is 1. The van der Waals surface area contributed by atoms with Crippen molar-refractivity contribution in [3.8, 4) is 11.4 Å². The molecule has 0 bridgehead atoms. The summed E-state index contributed by atoms with van der Waals surface area (Å²) in [4.78, 5) is 18.6. The van der Waals surface area contributed by atoms with Gasteiger partial charge in [-0.3, -0.25) is 4.68 Å². The van der Waals surface area contributed by atoms with Gasteiger partial charge in [-0.1, -0.05) is 37.1 Å². The Bertz CT molecular complexity index is 1040. The van der Waals surface area contributed by atoms with Crippen LogP contribution in [0.3, 0.4) is 0 Å². The van der Waals surface area contributed by atoms with Gasteiger partial charge < -0.3 is 14.2 Å². The lowest BCUT2D eigenvalue weighted by Gasteiger charge is -2.29. The van der Waals surface area contributed by atoms with Crippen LogP contribution in [0.5, 0.6) is 0 Å². The smallest absolute Gasteiger partial charge is 0.409 e. The Kier molecular flexibility index (Phi) is 7.02. The number of halogens is 1. The summed E-state index contributed by atoms with van der Waals surface area (Å²) in [7, 11) is 0. The van der Waals surface area contributed by atoms with Gasteiger partial charge in [0, 0.05) is 30.0 Å². The van der Waals surface area contributed by atoms with E-state index in [1.54, 1.807) is 22.7 Å². The number of alkyl halides is 1. The predicted molar refractivity (Wildman–Crippen MR) is 118 cm³/mol. The van der Waals surface area contributed by atoms with Crippen LogP contribution in [-0.2, 0) is 4.74 Å². The molecule has 1 unspecified atom stereocenters. The van der Waals surface area contributed by atoms with E-state index >= 15 is 0 Å². The molecule has 32 heavy (non-hydrogen) atoms. The molecule has 0 spiro atoms. The van der Waals surface area contributed by atoms with E-state index in [-0.39, 0.29) is 18.1 Å². The molecule has 1 atom stereocenters. The second kappa shape index (κ2) is 10.1. The van der Waals surface area contributed by atoms with Crippen molar-refractivity contribution in [3.05, 3.63) is 30.3 Å². The van der Waals surface area contributed by atoms with Crippen molar-refractivity contribution >= 4 is 17.0 Å². The minimum atomic E-state index is -0.488. The van der Waals surface area contributed by atoms with Crippen LogP contribution in [-0.4, -0.2) is 57.3 Å². The molecule has 1 aromatic carbocycles. The number of hydrogen-bond acceptors (Lipinski definition) is 6. The molecule has 172 valence electrons. The fourth-order valence-electron chi connectivity index (χ4n) is 4.02. The molecule has 1 aliphatic heterocycles. The highest BCUT2D eigenvalue weighted by atomic mass is 19.1. The second-order valence-corrected chi connectivity index (χ2v) is 8.41. The maximum atomic E-state index is 13.1. The average molecular weight is 444 g/mol. The Labute approximate surface area is 186 Å². The maximum absolute atomic E-state index is 13.1. The molecule has 4 rings (SSSR count). The molecule has 0 saturated carbocycles. The van der Waals surface area contributed by atoms with Gasteiger partial charge in [0.25, 0.3) is 0 Å². The lowest BCUT2D eigenvalue weighted by atomic mass is 9.97. The topological polar surface area (TPSA) is 86.3 Å². The molecule has 0 radical (unpaired) electrons. The Morgan fingerprint density at radius 1 is 1.31 bits per heavy atom. The lowest BCUT2D eigenvalue weighted by molar-refractivity contribution is 0.0893. The number of aromatic nitrogens is 4. The van der Waals surface area contributed by atoms with Crippen LogP contribution < -0.4 is 0 Å². The Balaban J connectivity index is 1.39. The number of hydrogen-bond donors (Lipinski definition) is 0. The summed E-state index contributed by atoms with van der Waals surface area (Å²) in [5.74, 6) is 1.20. The molecule has 1 aliphatic rings. The molecule has 2 aromatic heterocycles. The van der Waals surface area contributed by atoms with Crippen LogP contribution in [0.15, 0.2) is 28.9 Å². The first-order valence-electron chi connectivity index (χ1n) is 11.4. The zero-order valence-corrected chi connectivity index (χ0v) is 18.7. The van der Waals surface area contributed by atoms with Crippen LogP contribution in [0.1, 0.15) is 63.8 Å². The number of amides is 1. The number of fused-ring (bicyclic) bond motifs is 1. The van der Waals surface area contributed by atoms with E-state index in [0.717, 1.165) is 48.6 Å². The number of rotatable bonds is 8. The molecule has 1 saturated heterocycles. The largest absolute Gasteiger partial charge is 0.449 e. The van der Waals surface area contributed by atoms with Crippen molar-refractivity contribution < 1.29 is 18.4 Å². The summed E-state index contributed by atoms with van der Waals surface area (Å²) in [5, 5.41) is 9.40. The second-order valence-electron chi connectivity index (χ2n) is 8.41. The summed E-state index contributed by atoms with van der Waals surface area (Å²) in [6.45, 7) is 5.13. The highest BCUT2D eigenvalue weighted by Gasteiger charge is 2.28. The van der Waals surface area contributed by atoms with E-state index in [4.69, 9.17) is 9.26 Å². The summed E-state index contributed by atoms with van der Waals surface area (Å²) in [6.07, 6.45) is 6.08. The minimum Gasteiger partial charge on any atom is -0.449 e. The minimum absolute atomic E-state index is 0.112. The van der Waals surface area contributed by atoms with Crippen molar-refractivity contribution in [3.63, 3.8) is 0 Å². The molecule has 0 aliphatic carbocycles. The normalized spacial score (nSPS) is 15.9. The number of nitrogens with zero attached hydrogens (tertiary/aromatic N) is 5. The average Bonchev–Trinajstić information content (AvgIpc) is 3.48. The molecule has 9 heteroatoms. The van der Waals surface area contributed by atoms with Gasteiger partial charge in [0.1, 0.15) is 6.67 Å². The van der Waals surface area contributed by atoms with Gasteiger partial charge >= 0.3 is 6.09 Å². The Hall–Kier alpha value is -2.97. The van der Waals surface area contributed by atoms with Crippen molar-refractivity contribution in [2.75, 3.05) is 26.4 Å². The quantitative estimate of drug-likeness (QED) is 0.449. The van der Waals surface area contributed by atoms with Gasteiger partial charge in [-0.15, -0.1) is 0 Å². The number of carbonyl (C=O) groups is 1. The fraction of sp³-hybridized carbons (Fsp3) is 0.565. The molecule has 3 heterocycles. The van der Waals surface area contributed by atoms with Crippen molar-refractivity contribution in [2.45, 2.75) is 57.9 Å². The predicted octanol–water partition coefficient (Wildman–Crippen LogP) is 5.12. The van der Waals surface area contributed by atoms with E-state index in [9.17, 15) is 9.18 Å². The number of benzene rings is 1. The van der Waals surface area contributed by atoms with Gasteiger partial charge in [-0.05, 0) is 32.3 Å². The van der Waals surface area contributed by atoms with Crippen LogP contribution >= 0.6 is 0 Å². The first-order valence-corrected chi connectivity index (χ1v) is 11.4. The molecular weight excluding hydrogens is 413 g/mol. The van der Waals surface area contributed by atoms with Crippen LogP contribution in [0.25, 0.3) is 22.3 Å². The maximum Gasteiger partial charge on any atom is 0.409 e. The first-order chi connectivity index (χ1) is 15.6. The standard InChI is InChI=1S/C23H30FN5O3/c1-3-4-5-12-31-23(30)28-10-8-17(9-11-28)22-26-21(27-32-22)18-6-7-19-15-25-29(16(2)14-24)20(19)13-18/h6-7,13,15-17H,3-5,8-12,14H2,1-2H3.